The smallest absolute Gasteiger partial charge is 0.329 e. The van der Waals surface area contributed by atoms with E-state index in [2.05, 4.69) is 10.3 Å². The third kappa shape index (κ3) is 2.73. The molecule has 0 saturated heterocycles. The molecule has 2 heterocycles. The van der Waals surface area contributed by atoms with Gasteiger partial charge in [-0.1, -0.05) is 0 Å². The molecule has 0 atom stereocenters. The zero-order chi connectivity index (χ0) is 16.4. The lowest BCUT2D eigenvalue weighted by atomic mass is 10.2. The van der Waals surface area contributed by atoms with Crippen LogP contribution in [0, 0.1) is 11.3 Å². The van der Waals surface area contributed by atoms with Crippen LogP contribution in [0.3, 0.4) is 0 Å². The van der Waals surface area contributed by atoms with Crippen LogP contribution in [0.5, 0.6) is 0 Å². The molecule has 3 aromatic rings. The maximum absolute atomic E-state index is 12.3. The van der Waals surface area contributed by atoms with E-state index >= 15 is 0 Å². The molecular weight excluding hydrogens is 310 g/mol. The highest BCUT2D eigenvalue weighted by atomic mass is 32.1. The highest BCUT2D eigenvalue weighted by Gasteiger charge is 2.11. The molecule has 0 aliphatic rings. The van der Waals surface area contributed by atoms with Crippen molar-refractivity contribution in [2.75, 3.05) is 5.32 Å². The van der Waals surface area contributed by atoms with Crippen molar-refractivity contribution in [2.45, 2.75) is 33.5 Å². The maximum atomic E-state index is 12.3. The number of nitrogens with one attached hydrogen (secondary N) is 1. The Morgan fingerprint density at radius 1 is 1.26 bits per heavy atom. The predicted molar refractivity (Wildman–Crippen MR) is 91.7 cm³/mol. The van der Waals surface area contributed by atoms with E-state index in [-0.39, 0.29) is 5.69 Å². The highest BCUT2D eigenvalue weighted by Crippen LogP contribution is 2.20. The van der Waals surface area contributed by atoms with Crippen LogP contribution in [0.25, 0.3) is 11.0 Å². The summed E-state index contributed by atoms with van der Waals surface area (Å²) >= 11 is 1.46. The first-order chi connectivity index (χ1) is 11.2. The Hall–Kier alpha value is -2.59. The van der Waals surface area contributed by atoms with E-state index in [4.69, 9.17) is 5.26 Å². The van der Waals surface area contributed by atoms with Crippen LogP contribution in [0.4, 0.5) is 5.69 Å². The molecule has 7 heteroatoms. The standard InChI is InChI=1S/C16H17N5OS/c1-3-20-13-6-5-11(7-14(13)21(4-2)16(20)22)18-9-15-19-12(8-17)10-23-15/h5-7,10,18H,3-4,9H2,1-2H3. The molecule has 1 aromatic carbocycles. The third-order valence-corrected chi connectivity index (χ3v) is 4.61. The van der Waals surface area contributed by atoms with Crippen LogP contribution in [0.2, 0.25) is 0 Å². The SMILES string of the molecule is CCn1c(=O)n(CC)c2cc(NCc3nc(C#N)cs3)ccc21. The second-order valence-corrected chi connectivity index (χ2v) is 6.01. The quantitative estimate of drug-likeness (QED) is 0.782. The fraction of sp³-hybridized carbons (Fsp3) is 0.312. The van der Waals surface area contributed by atoms with Gasteiger partial charge in [0.15, 0.2) is 5.69 Å². The number of anilines is 1. The number of imidazole rings is 1. The Bertz CT molecular complexity index is 944. The molecule has 0 amide bonds. The van der Waals surface area contributed by atoms with E-state index in [1.807, 2.05) is 38.1 Å². The van der Waals surface area contributed by atoms with Crippen LogP contribution < -0.4 is 11.0 Å². The van der Waals surface area contributed by atoms with Gasteiger partial charge in [-0.15, -0.1) is 11.3 Å². The van der Waals surface area contributed by atoms with Crippen molar-refractivity contribution >= 4 is 28.1 Å². The minimum atomic E-state index is 0.0285. The summed E-state index contributed by atoms with van der Waals surface area (Å²) in [4.78, 5) is 16.6. The fourth-order valence-electron chi connectivity index (χ4n) is 2.66. The van der Waals surface area contributed by atoms with E-state index in [0.717, 1.165) is 21.7 Å². The lowest BCUT2D eigenvalue weighted by Gasteiger charge is -2.06. The number of hydrogen-bond acceptors (Lipinski definition) is 5. The number of fused-ring (bicyclic) bond motifs is 1. The van der Waals surface area contributed by atoms with Crippen molar-refractivity contribution in [3.05, 3.63) is 44.8 Å². The summed E-state index contributed by atoms with van der Waals surface area (Å²) in [7, 11) is 0. The van der Waals surface area contributed by atoms with Gasteiger partial charge in [0.25, 0.3) is 0 Å². The second-order valence-electron chi connectivity index (χ2n) is 5.07. The summed E-state index contributed by atoms with van der Waals surface area (Å²) in [5.74, 6) is 0. The van der Waals surface area contributed by atoms with E-state index in [0.29, 0.717) is 25.3 Å². The molecule has 118 valence electrons. The topological polar surface area (TPSA) is 75.6 Å². The van der Waals surface area contributed by atoms with Crippen LogP contribution in [0.15, 0.2) is 28.4 Å². The van der Waals surface area contributed by atoms with Crippen molar-refractivity contribution in [3.8, 4) is 6.07 Å². The van der Waals surface area contributed by atoms with E-state index in [9.17, 15) is 4.79 Å². The normalized spacial score (nSPS) is 10.8. The molecule has 0 aliphatic heterocycles. The molecule has 2 aromatic heterocycles. The van der Waals surface area contributed by atoms with Gasteiger partial charge < -0.3 is 5.32 Å². The Labute approximate surface area is 137 Å². The van der Waals surface area contributed by atoms with Gasteiger partial charge >= 0.3 is 5.69 Å². The Balaban J connectivity index is 1.90. The first-order valence-corrected chi connectivity index (χ1v) is 8.37. The minimum absolute atomic E-state index is 0.0285. The van der Waals surface area contributed by atoms with Gasteiger partial charge in [0.1, 0.15) is 11.1 Å². The maximum Gasteiger partial charge on any atom is 0.329 e. The van der Waals surface area contributed by atoms with E-state index < -0.39 is 0 Å². The summed E-state index contributed by atoms with van der Waals surface area (Å²) in [6, 6.07) is 7.96. The number of rotatable bonds is 5. The van der Waals surface area contributed by atoms with Gasteiger partial charge in [-0.05, 0) is 32.0 Å². The molecule has 3 rings (SSSR count). The van der Waals surface area contributed by atoms with Gasteiger partial charge in [-0.2, -0.15) is 5.26 Å². The van der Waals surface area contributed by atoms with Crippen LogP contribution in [-0.4, -0.2) is 14.1 Å². The van der Waals surface area contributed by atoms with E-state index in [1.165, 1.54) is 11.3 Å². The lowest BCUT2D eigenvalue weighted by molar-refractivity contribution is 0.671. The Morgan fingerprint density at radius 2 is 2.00 bits per heavy atom. The lowest BCUT2D eigenvalue weighted by Crippen LogP contribution is -2.23. The predicted octanol–water partition coefficient (Wildman–Crippen LogP) is 2.78. The largest absolute Gasteiger partial charge is 0.378 e. The molecular formula is C16H17N5OS. The summed E-state index contributed by atoms with van der Waals surface area (Å²) in [5, 5.41) is 14.7. The average molecular weight is 327 g/mol. The Morgan fingerprint density at radius 3 is 2.65 bits per heavy atom. The second kappa shape index (κ2) is 6.26. The monoisotopic (exact) mass is 327 g/mol. The Kier molecular flexibility index (Phi) is 4.17. The number of nitrogens with zero attached hydrogens (tertiary/aromatic N) is 4. The molecule has 0 radical (unpaired) electrons. The molecule has 6 nitrogen and oxygen atoms in total. The number of benzene rings is 1. The summed E-state index contributed by atoms with van der Waals surface area (Å²) in [5.41, 5.74) is 3.29. The van der Waals surface area contributed by atoms with Gasteiger partial charge in [-0.25, -0.2) is 9.78 Å². The van der Waals surface area contributed by atoms with Crippen molar-refractivity contribution in [3.63, 3.8) is 0 Å². The first-order valence-electron chi connectivity index (χ1n) is 7.49. The molecule has 1 N–H and O–H groups in total. The van der Waals surface area contributed by atoms with E-state index in [1.54, 1.807) is 14.5 Å². The summed E-state index contributed by atoms with van der Waals surface area (Å²) in [6.07, 6.45) is 0. The number of nitriles is 1. The van der Waals surface area contributed by atoms with Gasteiger partial charge in [0.05, 0.1) is 17.6 Å². The highest BCUT2D eigenvalue weighted by molar-refractivity contribution is 7.09. The number of aryl methyl sites for hydroxylation is 2. The minimum Gasteiger partial charge on any atom is -0.378 e. The molecule has 0 spiro atoms. The summed E-state index contributed by atoms with van der Waals surface area (Å²) in [6.45, 7) is 5.81. The average Bonchev–Trinajstić information content (AvgIpc) is 3.13. The molecule has 0 saturated carbocycles. The van der Waals surface area contributed by atoms with Gasteiger partial charge in [0, 0.05) is 24.2 Å². The van der Waals surface area contributed by atoms with Crippen LogP contribution >= 0.6 is 11.3 Å². The molecule has 0 unspecified atom stereocenters. The molecule has 0 bridgehead atoms. The van der Waals surface area contributed by atoms with Crippen molar-refractivity contribution in [1.82, 2.24) is 14.1 Å². The molecule has 23 heavy (non-hydrogen) atoms. The van der Waals surface area contributed by atoms with Crippen LogP contribution in [0.1, 0.15) is 24.5 Å². The number of hydrogen-bond donors (Lipinski definition) is 1. The van der Waals surface area contributed by atoms with Crippen molar-refractivity contribution in [2.24, 2.45) is 0 Å². The molecule has 0 fully saturated rings. The van der Waals surface area contributed by atoms with Gasteiger partial charge in [0.2, 0.25) is 0 Å². The fourth-order valence-corrected chi connectivity index (χ4v) is 3.32. The number of thiazole rings is 1. The first kappa shape index (κ1) is 15.3. The molecule has 0 aliphatic carbocycles. The third-order valence-electron chi connectivity index (χ3n) is 3.76. The van der Waals surface area contributed by atoms with Crippen LogP contribution in [-0.2, 0) is 19.6 Å². The number of aromatic nitrogens is 3. The van der Waals surface area contributed by atoms with Crippen molar-refractivity contribution in [1.29, 1.82) is 5.26 Å². The van der Waals surface area contributed by atoms with Crippen molar-refractivity contribution < 1.29 is 0 Å². The zero-order valence-corrected chi connectivity index (χ0v) is 13.9. The summed E-state index contributed by atoms with van der Waals surface area (Å²) < 4.78 is 3.56. The zero-order valence-electron chi connectivity index (χ0n) is 13.0. The van der Waals surface area contributed by atoms with Gasteiger partial charge in [-0.3, -0.25) is 9.13 Å².